The predicted octanol–water partition coefficient (Wildman–Crippen LogP) is 3.13. The van der Waals surface area contributed by atoms with Crippen molar-refractivity contribution in [2.45, 2.75) is 25.3 Å². The Morgan fingerprint density at radius 1 is 1.18 bits per heavy atom. The first kappa shape index (κ1) is 18.3. The summed E-state index contributed by atoms with van der Waals surface area (Å²) in [5, 5.41) is 11.5. The van der Waals surface area contributed by atoms with Gasteiger partial charge >= 0.3 is 0 Å². The zero-order chi connectivity index (χ0) is 19.5. The molecule has 7 heteroatoms. The molecule has 1 saturated heterocycles. The maximum atomic E-state index is 13.1. The molecule has 1 amide bonds. The van der Waals surface area contributed by atoms with E-state index in [9.17, 15) is 4.79 Å². The lowest BCUT2D eigenvalue weighted by atomic mass is 10.1. The van der Waals surface area contributed by atoms with Gasteiger partial charge in [0.15, 0.2) is 0 Å². The first-order chi connectivity index (χ1) is 13.6. The van der Waals surface area contributed by atoms with E-state index in [1.165, 1.54) is 0 Å². The summed E-state index contributed by atoms with van der Waals surface area (Å²) in [4.78, 5) is 21.5. The number of anilines is 2. The van der Waals surface area contributed by atoms with Gasteiger partial charge in [0.25, 0.3) is 5.91 Å². The third-order valence-corrected chi connectivity index (χ3v) is 5.31. The van der Waals surface area contributed by atoms with E-state index < -0.39 is 0 Å². The second-order valence-corrected chi connectivity index (χ2v) is 7.50. The largest absolute Gasteiger partial charge is 0.381 e. The lowest BCUT2D eigenvalue weighted by molar-refractivity contribution is 0.0763. The number of aromatic amines is 1. The van der Waals surface area contributed by atoms with Crippen LogP contribution in [0.3, 0.4) is 0 Å². The average molecular weight is 378 g/mol. The number of carbonyl (C=O) groups excluding carboxylic acids is 1. The SMILES string of the molecule is CN(C)c1ccc(N[C@H]2CCCN(C(=O)c3cccc4[nH]ncc34)CC2)cn1. The van der Waals surface area contributed by atoms with Crippen molar-refractivity contribution >= 4 is 28.3 Å². The van der Waals surface area contributed by atoms with Crippen LogP contribution in [-0.4, -0.2) is 59.2 Å². The number of amides is 1. The summed E-state index contributed by atoms with van der Waals surface area (Å²) in [5.41, 5.74) is 2.65. The quantitative estimate of drug-likeness (QED) is 0.729. The smallest absolute Gasteiger partial charge is 0.254 e. The van der Waals surface area contributed by atoms with E-state index in [2.05, 4.69) is 26.6 Å². The highest BCUT2D eigenvalue weighted by Gasteiger charge is 2.23. The van der Waals surface area contributed by atoms with E-state index in [4.69, 9.17) is 0 Å². The van der Waals surface area contributed by atoms with Gasteiger partial charge in [-0.1, -0.05) is 6.07 Å². The molecule has 0 saturated carbocycles. The number of nitrogens with zero attached hydrogens (tertiary/aromatic N) is 4. The summed E-state index contributed by atoms with van der Waals surface area (Å²) in [6.07, 6.45) is 6.55. The van der Waals surface area contributed by atoms with Gasteiger partial charge in [-0.15, -0.1) is 0 Å². The molecule has 3 heterocycles. The molecule has 0 bridgehead atoms. The molecule has 2 aromatic heterocycles. The van der Waals surface area contributed by atoms with Crippen LogP contribution in [0.25, 0.3) is 10.9 Å². The Hall–Kier alpha value is -3.09. The molecule has 4 rings (SSSR count). The number of aromatic nitrogens is 3. The molecule has 28 heavy (non-hydrogen) atoms. The predicted molar refractivity (Wildman–Crippen MR) is 112 cm³/mol. The number of carbonyl (C=O) groups is 1. The summed E-state index contributed by atoms with van der Waals surface area (Å²) in [5.74, 6) is 1.03. The molecular formula is C21H26N6O. The second-order valence-electron chi connectivity index (χ2n) is 7.50. The second kappa shape index (κ2) is 7.88. The van der Waals surface area contributed by atoms with E-state index in [0.717, 1.165) is 60.3 Å². The van der Waals surface area contributed by atoms with Gasteiger partial charge < -0.3 is 15.1 Å². The first-order valence-electron chi connectivity index (χ1n) is 9.73. The van der Waals surface area contributed by atoms with Crippen molar-refractivity contribution in [1.29, 1.82) is 0 Å². The molecular weight excluding hydrogens is 352 g/mol. The third-order valence-electron chi connectivity index (χ3n) is 5.31. The number of hydrogen-bond acceptors (Lipinski definition) is 5. The molecule has 1 aromatic carbocycles. The Labute approximate surface area is 164 Å². The fourth-order valence-corrected chi connectivity index (χ4v) is 3.74. The zero-order valence-corrected chi connectivity index (χ0v) is 16.4. The fraction of sp³-hybridized carbons (Fsp3) is 0.381. The van der Waals surface area contributed by atoms with E-state index in [0.29, 0.717) is 6.04 Å². The molecule has 0 radical (unpaired) electrons. The monoisotopic (exact) mass is 378 g/mol. The van der Waals surface area contributed by atoms with Gasteiger partial charge in [-0.05, 0) is 43.5 Å². The van der Waals surface area contributed by atoms with E-state index in [1.54, 1.807) is 6.20 Å². The highest BCUT2D eigenvalue weighted by atomic mass is 16.2. The molecule has 1 fully saturated rings. The van der Waals surface area contributed by atoms with E-state index >= 15 is 0 Å². The Bertz CT molecular complexity index is 949. The Balaban J connectivity index is 1.41. The molecule has 1 atom stereocenters. The lowest BCUT2D eigenvalue weighted by Crippen LogP contribution is -2.32. The van der Waals surface area contributed by atoms with Crippen LogP contribution in [0.5, 0.6) is 0 Å². The third kappa shape index (κ3) is 3.78. The number of fused-ring (bicyclic) bond motifs is 1. The molecule has 0 unspecified atom stereocenters. The number of hydrogen-bond donors (Lipinski definition) is 2. The van der Waals surface area contributed by atoms with Gasteiger partial charge in [0.05, 0.1) is 29.2 Å². The molecule has 1 aliphatic heterocycles. The highest BCUT2D eigenvalue weighted by molar-refractivity contribution is 6.06. The average Bonchev–Trinajstić information content (AvgIpc) is 3.07. The van der Waals surface area contributed by atoms with Crippen LogP contribution in [0, 0.1) is 0 Å². The van der Waals surface area contributed by atoms with E-state index in [-0.39, 0.29) is 5.91 Å². The zero-order valence-electron chi connectivity index (χ0n) is 16.4. The number of nitrogens with one attached hydrogen (secondary N) is 2. The topological polar surface area (TPSA) is 77.1 Å². The number of likely N-dealkylation sites (tertiary alicyclic amines) is 1. The first-order valence-corrected chi connectivity index (χ1v) is 9.73. The van der Waals surface area contributed by atoms with Gasteiger partial charge in [0.1, 0.15) is 5.82 Å². The molecule has 2 N–H and O–H groups in total. The molecule has 1 aliphatic rings. The number of benzene rings is 1. The van der Waals surface area contributed by atoms with Gasteiger partial charge in [0, 0.05) is 38.6 Å². The van der Waals surface area contributed by atoms with Crippen molar-refractivity contribution in [1.82, 2.24) is 20.1 Å². The normalized spacial score (nSPS) is 17.4. The van der Waals surface area contributed by atoms with Crippen LogP contribution >= 0.6 is 0 Å². The summed E-state index contributed by atoms with van der Waals surface area (Å²) >= 11 is 0. The maximum absolute atomic E-state index is 13.1. The molecule has 0 aliphatic carbocycles. The number of H-pyrrole nitrogens is 1. The van der Waals surface area contributed by atoms with Crippen molar-refractivity contribution in [3.8, 4) is 0 Å². The number of rotatable bonds is 4. The minimum Gasteiger partial charge on any atom is -0.381 e. The summed E-state index contributed by atoms with van der Waals surface area (Å²) in [6.45, 7) is 1.52. The van der Waals surface area contributed by atoms with E-state index in [1.807, 2.05) is 54.4 Å². The Morgan fingerprint density at radius 3 is 2.86 bits per heavy atom. The lowest BCUT2D eigenvalue weighted by Gasteiger charge is -2.21. The molecule has 3 aromatic rings. The summed E-state index contributed by atoms with van der Waals surface area (Å²) < 4.78 is 0. The van der Waals surface area contributed by atoms with Gasteiger partial charge in [-0.2, -0.15) is 5.10 Å². The van der Waals surface area contributed by atoms with Gasteiger partial charge in [-0.25, -0.2) is 4.98 Å². The minimum absolute atomic E-state index is 0.0876. The summed E-state index contributed by atoms with van der Waals surface area (Å²) in [6, 6.07) is 10.2. The molecule has 146 valence electrons. The van der Waals surface area contributed by atoms with Gasteiger partial charge in [0.2, 0.25) is 0 Å². The van der Waals surface area contributed by atoms with Crippen molar-refractivity contribution < 1.29 is 4.79 Å². The fourth-order valence-electron chi connectivity index (χ4n) is 3.74. The van der Waals surface area contributed by atoms with Crippen molar-refractivity contribution in [3.63, 3.8) is 0 Å². The van der Waals surface area contributed by atoms with Crippen LogP contribution < -0.4 is 10.2 Å². The Kier molecular flexibility index (Phi) is 5.14. The van der Waals surface area contributed by atoms with Crippen molar-refractivity contribution in [2.75, 3.05) is 37.4 Å². The van der Waals surface area contributed by atoms with Crippen molar-refractivity contribution in [3.05, 3.63) is 48.3 Å². The summed E-state index contributed by atoms with van der Waals surface area (Å²) in [7, 11) is 3.97. The maximum Gasteiger partial charge on any atom is 0.254 e. The van der Waals surface area contributed by atoms with Crippen LogP contribution in [-0.2, 0) is 0 Å². The van der Waals surface area contributed by atoms with Crippen LogP contribution in [0.2, 0.25) is 0 Å². The van der Waals surface area contributed by atoms with Gasteiger partial charge in [-0.3, -0.25) is 9.89 Å². The standard InChI is InChI=1S/C21H26N6O/c1-26(2)20-9-8-16(13-22-20)24-15-5-4-11-27(12-10-15)21(28)17-6-3-7-19-18(17)14-23-25-19/h3,6-9,13-15,24H,4-5,10-12H2,1-2H3,(H,23,25)/t15-/m0/s1. The van der Waals surface area contributed by atoms with Crippen LogP contribution in [0.4, 0.5) is 11.5 Å². The van der Waals surface area contributed by atoms with Crippen LogP contribution in [0.1, 0.15) is 29.6 Å². The molecule has 7 nitrogen and oxygen atoms in total. The van der Waals surface area contributed by atoms with Crippen molar-refractivity contribution in [2.24, 2.45) is 0 Å². The minimum atomic E-state index is 0.0876. The van der Waals surface area contributed by atoms with Crippen LogP contribution in [0.15, 0.2) is 42.7 Å². The molecule has 0 spiro atoms. The number of pyridine rings is 1. The highest BCUT2D eigenvalue weighted by Crippen LogP contribution is 2.22. The Morgan fingerprint density at radius 2 is 2.07 bits per heavy atom.